The summed E-state index contributed by atoms with van der Waals surface area (Å²) in [4.78, 5) is 10.6. The van der Waals surface area contributed by atoms with Crippen LogP contribution in [0.25, 0.3) is 0 Å². The molecule has 0 saturated carbocycles. The van der Waals surface area contributed by atoms with Gasteiger partial charge < -0.3 is 15.8 Å². The van der Waals surface area contributed by atoms with Crippen LogP contribution in [0.1, 0.15) is 11.1 Å². The lowest BCUT2D eigenvalue weighted by Crippen LogP contribution is -2.19. The average molecular weight is 349 g/mol. The Morgan fingerprint density at radius 1 is 1.24 bits per heavy atom. The van der Waals surface area contributed by atoms with Gasteiger partial charge in [0.2, 0.25) is 0 Å². The van der Waals surface area contributed by atoms with Crippen molar-refractivity contribution in [3.63, 3.8) is 0 Å². The fraction of sp³-hybridized carbons (Fsp3) is 0.188. The molecule has 3 N–H and O–H groups in total. The van der Waals surface area contributed by atoms with Crippen LogP contribution in [0.4, 0.5) is 5.69 Å². The van der Waals surface area contributed by atoms with Gasteiger partial charge in [0.15, 0.2) is 6.61 Å². The molecule has 0 aliphatic rings. The summed E-state index contributed by atoms with van der Waals surface area (Å²) in [5.41, 5.74) is 8.43. The van der Waals surface area contributed by atoms with E-state index in [0.717, 1.165) is 15.7 Å². The third kappa shape index (κ3) is 4.49. The number of amides is 1. The van der Waals surface area contributed by atoms with Crippen molar-refractivity contribution >= 4 is 27.5 Å². The summed E-state index contributed by atoms with van der Waals surface area (Å²) in [7, 11) is 0. The Morgan fingerprint density at radius 2 is 1.95 bits per heavy atom. The molecule has 0 aromatic heterocycles. The molecular weight excluding hydrogens is 332 g/mol. The van der Waals surface area contributed by atoms with Crippen LogP contribution >= 0.6 is 15.9 Å². The second kappa shape index (κ2) is 7.13. The molecule has 5 heteroatoms. The highest BCUT2D eigenvalue weighted by Crippen LogP contribution is 2.24. The standard InChI is InChI=1S/C16H17BrN2O2/c1-11-14(17)3-2-4-15(11)19-9-12-5-7-13(8-6-12)21-10-16(18)20/h2-8,19H,9-10H2,1H3,(H2,18,20). The Labute approximate surface area is 132 Å². The number of benzene rings is 2. The first-order valence-corrected chi connectivity index (χ1v) is 7.34. The molecule has 0 unspecified atom stereocenters. The van der Waals surface area contributed by atoms with Crippen molar-refractivity contribution in [2.45, 2.75) is 13.5 Å². The van der Waals surface area contributed by atoms with Gasteiger partial charge in [0.1, 0.15) is 5.75 Å². The summed E-state index contributed by atoms with van der Waals surface area (Å²) in [6, 6.07) is 13.6. The normalized spacial score (nSPS) is 10.2. The summed E-state index contributed by atoms with van der Waals surface area (Å²) in [5.74, 6) is 0.155. The van der Waals surface area contributed by atoms with Crippen molar-refractivity contribution in [2.24, 2.45) is 5.73 Å². The van der Waals surface area contributed by atoms with Crippen LogP contribution in [0, 0.1) is 6.92 Å². The van der Waals surface area contributed by atoms with Gasteiger partial charge in [-0.2, -0.15) is 0 Å². The molecule has 0 fully saturated rings. The number of carbonyl (C=O) groups is 1. The molecule has 110 valence electrons. The van der Waals surface area contributed by atoms with Crippen LogP contribution in [0.2, 0.25) is 0 Å². The van der Waals surface area contributed by atoms with Gasteiger partial charge in [-0.3, -0.25) is 4.79 Å². The van der Waals surface area contributed by atoms with E-state index in [0.29, 0.717) is 12.3 Å². The minimum Gasteiger partial charge on any atom is -0.484 e. The first kappa shape index (κ1) is 15.4. The van der Waals surface area contributed by atoms with Gasteiger partial charge in [-0.15, -0.1) is 0 Å². The smallest absolute Gasteiger partial charge is 0.255 e. The number of hydrogen-bond acceptors (Lipinski definition) is 3. The topological polar surface area (TPSA) is 64.3 Å². The van der Waals surface area contributed by atoms with E-state index in [1.165, 1.54) is 5.56 Å². The molecule has 2 aromatic rings. The fourth-order valence-electron chi connectivity index (χ4n) is 1.85. The Balaban J connectivity index is 1.94. The Hall–Kier alpha value is -2.01. The molecule has 1 amide bonds. The van der Waals surface area contributed by atoms with Crippen LogP contribution in [0.15, 0.2) is 46.9 Å². The third-order valence-corrected chi connectivity index (χ3v) is 3.91. The van der Waals surface area contributed by atoms with Crippen molar-refractivity contribution in [1.82, 2.24) is 0 Å². The van der Waals surface area contributed by atoms with Crippen LogP contribution in [0.3, 0.4) is 0 Å². The summed E-state index contributed by atoms with van der Waals surface area (Å²) >= 11 is 3.52. The molecule has 0 bridgehead atoms. The van der Waals surface area contributed by atoms with Crippen LogP contribution in [0.5, 0.6) is 5.75 Å². The molecule has 0 aliphatic heterocycles. The van der Waals surface area contributed by atoms with E-state index in [-0.39, 0.29) is 6.61 Å². The lowest BCUT2D eigenvalue weighted by molar-refractivity contribution is -0.119. The van der Waals surface area contributed by atoms with Gasteiger partial charge in [-0.05, 0) is 42.3 Å². The van der Waals surface area contributed by atoms with Crippen LogP contribution in [-0.2, 0) is 11.3 Å². The van der Waals surface area contributed by atoms with E-state index in [1.807, 2.05) is 42.5 Å². The van der Waals surface area contributed by atoms with E-state index in [4.69, 9.17) is 10.5 Å². The number of primary amides is 1. The zero-order chi connectivity index (χ0) is 15.2. The third-order valence-electron chi connectivity index (χ3n) is 3.06. The maximum absolute atomic E-state index is 10.6. The summed E-state index contributed by atoms with van der Waals surface area (Å²) in [6.07, 6.45) is 0. The Kier molecular flexibility index (Phi) is 5.22. The van der Waals surface area contributed by atoms with Gasteiger partial charge in [0.05, 0.1) is 0 Å². The maximum atomic E-state index is 10.6. The molecule has 21 heavy (non-hydrogen) atoms. The molecule has 4 nitrogen and oxygen atoms in total. The Bertz CT molecular complexity index is 627. The number of rotatable bonds is 6. The number of halogens is 1. The van der Waals surface area contributed by atoms with Crippen molar-refractivity contribution in [2.75, 3.05) is 11.9 Å². The molecule has 2 aromatic carbocycles. The van der Waals surface area contributed by atoms with Gasteiger partial charge >= 0.3 is 0 Å². The molecule has 0 heterocycles. The van der Waals surface area contributed by atoms with E-state index in [9.17, 15) is 4.79 Å². The zero-order valence-electron chi connectivity index (χ0n) is 11.7. The van der Waals surface area contributed by atoms with E-state index < -0.39 is 5.91 Å². The summed E-state index contributed by atoms with van der Waals surface area (Å²) < 4.78 is 6.30. The second-order valence-corrected chi connectivity index (χ2v) is 5.52. The molecule has 0 atom stereocenters. The molecular formula is C16H17BrN2O2. The number of nitrogens with two attached hydrogens (primary N) is 1. The van der Waals surface area contributed by atoms with Crippen molar-refractivity contribution in [1.29, 1.82) is 0 Å². The molecule has 2 rings (SSSR count). The lowest BCUT2D eigenvalue weighted by Gasteiger charge is -2.11. The SMILES string of the molecule is Cc1c(Br)cccc1NCc1ccc(OCC(N)=O)cc1. The fourth-order valence-corrected chi connectivity index (χ4v) is 2.22. The van der Waals surface area contributed by atoms with Gasteiger partial charge in [0, 0.05) is 16.7 Å². The van der Waals surface area contributed by atoms with E-state index in [1.54, 1.807) is 0 Å². The van der Waals surface area contributed by atoms with Gasteiger partial charge in [-0.1, -0.05) is 34.1 Å². The number of carbonyl (C=O) groups excluding carboxylic acids is 1. The second-order valence-electron chi connectivity index (χ2n) is 4.66. The predicted octanol–water partition coefficient (Wildman–Crippen LogP) is 3.23. The van der Waals surface area contributed by atoms with Crippen molar-refractivity contribution in [3.8, 4) is 5.75 Å². The quantitative estimate of drug-likeness (QED) is 0.842. The van der Waals surface area contributed by atoms with Gasteiger partial charge in [-0.25, -0.2) is 0 Å². The molecule has 0 saturated heterocycles. The number of ether oxygens (including phenoxy) is 1. The summed E-state index contributed by atoms with van der Waals surface area (Å²) in [6.45, 7) is 2.68. The van der Waals surface area contributed by atoms with E-state index >= 15 is 0 Å². The number of anilines is 1. The minimum absolute atomic E-state index is 0.102. The molecule has 0 radical (unpaired) electrons. The first-order valence-electron chi connectivity index (χ1n) is 6.55. The molecule has 0 aliphatic carbocycles. The van der Waals surface area contributed by atoms with E-state index in [2.05, 4.69) is 28.2 Å². The van der Waals surface area contributed by atoms with Crippen LogP contribution < -0.4 is 15.8 Å². The van der Waals surface area contributed by atoms with Crippen molar-refractivity contribution in [3.05, 3.63) is 58.1 Å². The highest BCUT2D eigenvalue weighted by molar-refractivity contribution is 9.10. The predicted molar refractivity (Wildman–Crippen MR) is 87.3 cm³/mol. The van der Waals surface area contributed by atoms with Crippen molar-refractivity contribution < 1.29 is 9.53 Å². The van der Waals surface area contributed by atoms with Crippen LogP contribution in [-0.4, -0.2) is 12.5 Å². The minimum atomic E-state index is -0.481. The highest BCUT2D eigenvalue weighted by Gasteiger charge is 2.02. The summed E-state index contributed by atoms with van der Waals surface area (Å²) in [5, 5.41) is 3.39. The monoisotopic (exact) mass is 348 g/mol. The molecule has 0 spiro atoms. The number of hydrogen-bond donors (Lipinski definition) is 2. The lowest BCUT2D eigenvalue weighted by atomic mass is 10.1. The maximum Gasteiger partial charge on any atom is 0.255 e. The Morgan fingerprint density at radius 3 is 2.62 bits per heavy atom. The highest BCUT2D eigenvalue weighted by atomic mass is 79.9. The average Bonchev–Trinajstić information content (AvgIpc) is 2.48. The number of nitrogens with one attached hydrogen (secondary N) is 1. The first-order chi connectivity index (χ1) is 10.1. The largest absolute Gasteiger partial charge is 0.484 e. The van der Waals surface area contributed by atoms with Gasteiger partial charge in [0.25, 0.3) is 5.91 Å². The zero-order valence-corrected chi connectivity index (χ0v) is 13.3.